The van der Waals surface area contributed by atoms with E-state index >= 15 is 0 Å². The molecule has 0 atom stereocenters. The largest absolute Gasteiger partial charge is 0.493 e. The zero-order valence-electron chi connectivity index (χ0n) is 9.33. The number of benzene rings is 1. The van der Waals surface area contributed by atoms with Gasteiger partial charge in [0.2, 0.25) is 0 Å². The van der Waals surface area contributed by atoms with Gasteiger partial charge in [0, 0.05) is 5.75 Å². The molecule has 0 radical (unpaired) electrons. The fourth-order valence-electron chi connectivity index (χ4n) is 1.23. The highest BCUT2D eigenvalue weighted by Crippen LogP contribution is 2.36. The van der Waals surface area contributed by atoms with Crippen LogP contribution >= 0.6 is 27.7 Å². The number of rotatable bonds is 6. The Balaban J connectivity index is 2.88. The first-order chi connectivity index (χ1) is 7.72. The van der Waals surface area contributed by atoms with Crippen LogP contribution in [0.1, 0.15) is 5.56 Å². The molecule has 0 heterocycles. The average molecular weight is 307 g/mol. The van der Waals surface area contributed by atoms with Gasteiger partial charge in [-0.3, -0.25) is 0 Å². The summed E-state index contributed by atoms with van der Waals surface area (Å²) in [4.78, 5) is 0. The minimum Gasteiger partial charge on any atom is -0.493 e. The first kappa shape index (κ1) is 13.7. The lowest BCUT2D eigenvalue weighted by Crippen LogP contribution is -2.02. The molecule has 0 aliphatic carbocycles. The van der Waals surface area contributed by atoms with E-state index in [1.54, 1.807) is 24.9 Å². The second-order valence-electron chi connectivity index (χ2n) is 3.11. The summed E-state index contributed by atoms with van der Waals surface area (Å²) < 4.78 is 11.7. The van der Waals surface area contributed by atoms with Gasteiger partial charge < -0.3 is 14.6 Å². The van der Waals surface area contributed by atoms with E-state index in [-0.39, 0.29) is 6.61 Å². The third kappa shape index (κ3) is 3.57. The van der Waals surface area contributed by atoms with Crippen LogP contribution in [0.25, 0.3) is 0 Å². The number of methoxy groups -OCH3 is 1. The summed E-state index contributed by atoms with van der Waals surface area (Å²) in [6, 6.07) is 3.61. The van der Waals surface area contributed by atoms with Gasteiger partial charge in [-0.1, -0.05) is 0 Å². The van der Waals surface area contributed by atoms with Crippen molar-refractivity contribution < 1.29 is 14.6 Å². The Kier molecular flexibility index (Phi) is 6.01. The van der Waals surface area contributed by atoms with E-state index in [4.69, 9.17) is 14.6 Å². The molecule has 90 valence electrons. The minimum absolute atomic E-state index is 0.0138. The van der Waals surface area contributed by atoms with Crippen LogP contribution in [0.5, 0.6) is 11.5 Å². The molecule has 3 nitrogen and oxygen atoms in total. The van der Waals surface area contributed by atoms with E-state index in [2.05, 4.69) is 15.9 Å². The first-order valence-electron chi connectivity index (χ1n) is 4.82. The Bertz CT molecular complexity index is 344. The minimum atomic E-state index is -0.0138. The van der Waals surface area contributed by atoms with Crippen LogP contribution in [0.4, 0.5) is 0 Å². The van der Waals surface area contributed by atoms with Crippen LogP contribution in [0, 0.1) is 0 Å². The molecule has 0 saturated carbocycles. The number of aliphatic hydroxyl groups is 1. The maximum Gasteiger partial charge on any atom is 0.175 e. The third-order valence-corrected chi connectivity index (χ3v) is 3.17. The van der Waals surface area contributed by atoms with Crippen molar-refractivity contribution in [2.24, 2.45) is 0 Å². The molecule has 16 heavy (non-hydrogen) atoms. The Hall–Kier alpha value is -0.390. The van der Waals surface area contributed by atoms with Crippen LogP contribution in [-0.4, -0.2) is 30.8 Å². The zero-order chi connectivity index (χ0) is 12.0. The summed E-state index contributed by atoms with van der Waals surface area (Å²) in [6.07, 6.45) is 2.03. The fraction of sp³-hybridized carbons (Fsp3) is 0.455. The SMILES string of the molecule is COc1cc(CO)cc(Br)c1OCCSC. The van der Waals surface area contributed by atoms with Crippen molar-refractivity contribution in [1.82, 2.24) is 0 Å². The van der Waals surface area contributed by atoms with E-state index in [9.17, 15) is 0 Å². The van der Waals surface area contributed by atoms with Crippen LogP contribution in [-0.2, 0) is 6.61 Å². The Morgan fingerprint density at radius 2 is 2.19 bits per heavy atom. The van der Waals surface area contributed by atoms with Crippen LogP contribution in [0.15, 0.2) is 16.6 Å². The van der Waals surface area contributed by atoms with Gasteiger partial charge in [-0.05, 0) is 39.9 Å². The molecular formula is C11H15BrO3S. The number of aliphatic hydroxyl groups excluding tert-OH is 1. The molecule has 0 aliphatic rings. The van der Waals surface area contributed by atoms with Gasteiger partial charge in [0.15, 0.2) is 11.5 Å². The lowest BCUT2D eigenvalue weighted by molar-refractivity contribution is 0.278. The quantitative estimate of drug-likeness (QED) is 0.820. The Labute approximate surface area is 108 Å². The molecule has 5 heteroatoms. The smallest absolute Gasteiger partial charge is 0.175 e. The van der Waals surface area contributed by atoms with Crippen molar-refractivity contribution in [3.8, 4) is 11.5 Å². The highest BCUT2D eigenvalue weighted by atomic mass is 79.9. The summed E-state index contributed by atoms with van der Waals surface area (Å²) in [5.74, 6) is 2.26. The van der Waals surface area contributed by atoms with Crippen LogP contribution < -0.4 is 9.47 Å². The molecule has 1 N–H and O–H groups in total. The van der Waals surface area contributed by atoms with E-state index in [1.165, 1.54) is 0 Å². The standard InChI is InChI=1S/C11H15BrO3S/c1-14-10-6-8(7-13)5-9(12)11(10)15-3-4-16-2/h5-6,13H,3-4,7H2,1-2H3. The van der Waals surface area contributed by atoms with Crippen molar-refractivity contribution >= 4 is 27.7 Å². The van der Waals surface area contributed by atoms with Gasteiger partial charge in [0.05, 0.1) is 24.8 Å². The molecule has 0 bridgehead atoms. The third-order valence-electron chi connectivity index (χ3n) is 2.01. The summed E-state index contributed by atoms with van der Waals surface area (Å²) in [5, 5.41) is 9.07. The number of hydrogen-bond donors (Lipinski definition) is 1. The van der Waals surface area contributed by atoms with Crippen molar-refractivity contribution in [1.29, 1.82) is 0 Å². The molecule has 1 rings (SSSR count). The highest BCUT2D eigenvalue weighted by Gasteiger charge is 2.11. The molecule has 1 aromatic rings. The predicted octanol–water partition coefficient (Wildman–Crippen LogP) is 2.69. The molecule has 0 unspecified atom stereocenters. The zero-order valence-corrected chi connectivity index (χ0v) is 11.7. The van der Waals surface area contributed by atoms with Gasteiger partial charge in [-0.25, -0.2) is 0 Å². The van der Waals surface area contributed by atoms with Gasteiger partial charge in [-0.2, -0.15) is 11.8 Å². The van der Waals surface area contributed by atoms with E-state index < -0.39 is 0 Å². The summed E-state index contributed by atoms with van der Waals surface area (Å²) in [6.45, 7) is 0.620. The van der Waals surface area contributed by atoms with Crippen LogP contribution in [0.3, 0.4) is 0 Å². The fourth-order valence-corrected chi connectivity index (χ4v) is 2.09. The predicted molar refractivity (Wildman–Crippen MR) is 70.5 cm³/mol. The number of halogens is 1. The lowest BCUT2D eigenvalue weighted by atomic mass is 10.2. The maximum atomic E-state index is 9.07. The monoisotopic (exact) mass is 306 g/mol. The molecule has 1 aromatic carbocycles. The van der Waals surface area contributed by atoms with E-state index in [0.717, 1.165) is 15.8 Å². The Morgan fingerprint density at radius 1 is 1.44 bits per heavy atom. The van der Waals surface area contributed by atoms with Gasteiger partial charge >= 0.3 is 0 Å². The van der Waals surface area contributed by atoms with Gasteiger partial charge in [0.1, 0.15) is 0 Å². The summed E-state index contributed by atoms with van der Waals surface area (Å²) in [5.41, 5.74) is 0.793. The maximum absolute atomic E-state index is 9.07. The van der Waals surface area contributed by atoms with E-state index in [1.807, 2.05) is 12.3 Å². The summed E-state index contributed by atoms with van der Waals surface area (Å²) >= 11 is 5.14. The van der Waals surface area contributed by atoms with Crippen molar-refractivity contribution in [3.05, 3.63) is 22.2 Å². The lowest BCUT2D eigenvalue weighted by Gasteiger charge is -2.13. The molecule has 0 aromatic heterocycles. The molecule has 0 fully saturated rings. The van der Waals surface area contributed by atoms with Gasteiger partial charge in [-0.15, -0.1) is 0 Å². The number of hydrogen-bond acceptors (Lipinski definition) is 4. The highest BCUT2D eigenvalue weighted by molar-refractivity contribution is 9.10. The number of ether oxygens (including phenoxy) is 2. The van der Waals surface area contributed by atoms with Crippen molar-refractivity contribution in [3.63, 3.8) is 0 Å². The second-order valence-corrected chi connectivity index (χ2v) is 4.95. The Morgan fingerprint density at radius 3 is 2.75 bits per heavy atom. The topological polar surface area (TPSA) is 38.7 Å². The van der Waals surface area contributed by atoms with Crippen molar-refractivity contribution in [2.75, 3.05) is 25.7 Å². The van der Waals surface area contributed by atoms with E-state index in [0.29, 0.717) is 18.1 Å². The second kappa shape index (κ2) is 7.04. The summed E-state index contributed by atoms with van der Waals surface area (Å²) in [7, 11) is 1.59. The number of thioether (sulfide) groups is 1. The molecule has 0 amide bonds. The van der Waals surface area contributed by atoms with Crippen molar-refractivity contribution in [2.45, 2.75) is 6.61 Å². The van der Waals surface area contributed by atoms with Crippen LogP contribution in [0.2, 0.25) is 0 Å². The normalized spacial score (nSPS) is 10.2. The van der Waals surface area contributed by atoms with Gasteiger partial charge in [0.25, 0.3) is 0 Å². The average Bonchev–Trinajstić information content (AvgIpc) is 2.30. The molecule has 0 saturated heterocycles. The molecular weight excluding hydrogens is 292 g/mol. The first-order valence-corrected chi connectivity index (χ1v) is 7.00. The molecule has 0 spiro atoms. The molecule has 0 aliphatic heterocycles.